The molecule has 0 amide bonds. The molecule has 5 radical (unpaired) electrons. The number of hydrogen-bond donors (Lipinski definition) is 0. The van der Waals surface area contributed by atoms with Crippen molar-refractivity contribution < 1.29 is 4.79 Å². The highest BCUT2D eigenvalue weighted by molar-refractivity contribution is 5.97. The monoisotopic (exact) mass is 149 g/mol. The lowest BCUT2D eigenvalue weighted by atomic mass is 9.95. The number of hydrogen-bond acceptors (Lipinski definition) is 1. The van der Waals surface area contributed by atoms with Gasteiger partial charge >= 0.3 is 0 Å². The number of carbonyl (C=O) groups is 1. The summed E-state index contributed by atoms with van der Waals surface area (Å²) in [5.41, 5.74) is 0. The smallest absolute Gasteiger partial charge is 0.140 e. The summed E-state index contributed by atoms with van der Waals surface area (Å²) in [6.45, 7) is 4.11. The third-order valence-corrected chi connectivity index (χ3v) is 1.58. The Labute approximate surface area is 69.2 Å². The van der Waals surface area contributed by atoms with E-state index in [9.17, 15) is 4.79 Å². The Morgan fingerprint density at radius 3 is 2.36 bits per heavy atom. The molecule has 0 aromatic heterocycles. The Kier molecular flexibility index (Phi) is 3.10. The molecule has 1 nitrogen and oxygen atoms in total. The predicted molar refractivity (Wildman–Crippen MR) is 44.9 cm³/mol. The molecule has 0 unspecified atom stereocenters. The maximum atomic E-state index is 11.3. The second kappa shape index (κ2) is 3.89. The first-order chi connectivity index (χ1) is 5.20. The summed E-state index contributed by atoms with van der Waals surface area (Å²) in [7, 11) is 0. The van der Waals surface area contributed by atoms with Gasteiger partial charge in [-0.3, -0.25) is 4.79 Å². The summed E-state index contributed by atoms with van der Waals surface area (Å²) in [5, 5.41) is 0. The van der Waals surface area contributed by atoms with Crippen LogP contribution >= 0.6 is 0 Å². The average Bonchev–Trinajstić information content (AvgIpc) is 2.35. The minimum Gasteiger partial charge on any atom is -0.299 e. The van der Waals surface area contributed by atoms with Gasteiger partial charge in [-0.25, -0.2) is 0 Å². The summed E-state index contributed by atoms with van der Waals surface area (Å²) in [6, 6.07) is 0. The molecular formula is C10H13O. The molecule has 1 rings (SSSR count). The zero-order valence-electron chi connectivity index (χ0n) is 7.00. The number of ketones is 1. The first-order valence-corrected chi connectivity index (χ1v) is 3.95. The van der Waals surface area contributed by atoms with E-state index in [0.717, 1.165) is 5.92 Å². The van der Waals surface area contributed by atoms with Crippen molar-refractivity contribution in [1.29, 1.82) is 0 Å². The van der Waals surface area contributed by atoms with Crippen molar-refractivity contribution in [3.8, 4) is 0 Å². The molecule has 0 heterocycles. The van der Waals surface area contributed by atoms with E-state index in [2.05, 4.69) is 13.8 Å². The quantitative estimate of drug-likeness (QED) is 0.600. The van der Waals surface area contributed by atoms with Crippen LogP contribution in [0.2, 0.25) is 0 Å². The van der Waals surface area contributed by atoms with Crippen LogP contribution in [0.4, 0.5) is 0 Å². The van der Waals surface area contributed by atoms with Crippen molar-refractivity contribution >= 4 is 5.78 Å². The molecule has 0 N–H and O–H groups in total. The van der Waals surface area contributed by atoms with Crippen LogP contribution in [0.25, 0.3) is 0 Å². The van der Waals surface area contributed by atoms with Gasteiger partial charge in [0.25, 0.3) is 0 Å². The van der Waals surface area contributed by atoms with Crippen LogP contribution in [0.1, 0.15) is 20.3 Å². The van der Waals surface area contributed by atoms with Gasteiger partial charge in [-0.2, -0.15) is 0 Å². The molecule has 0 aliphatic heterocycles. The van der Waals surface area contributed by atoms with Crippen molar-refractivity contribution in [2.75, 3.05) is 0 Å². The Morgan fingerprint density at radius 1 is 1.36 bits per heavy atom. The third kappa shape index (κ3) is 2.64. The van der Waals surface area contributed by atoms with Crippen LogP contribution in [-0.2, 0) is 4.79 Å². The number of carbonyl (C=O) groups excluding carboxylic acids is 1. The van der Waals surface area contributed by atoms with Gasteiger partial charge in [0.05, 0.1) is 0 Å². The molecule has 11 heavy (non-hydrogen) atoms. The Hall–Kier alpha value is -0.330. The van der Waals surface area contributed by atoms with E-state index in [1.807, 2.05) is 25.7 Å². The van der Waals surface area contributed by atoms with Gasteiger partial charge in [-0.15, -0.1) is 0 Å². The van der Waals surface area contributed by atoms with Crippen molar-refractivity contribution in [3.63, 3.8) is 0 Å². The van der Waals surface area contributed by atoms with Gasteiger partial charge in [0, 0.05) is 12.3 Å². The second-order valence-electron chi connectivity index (χ2n) is 3.19. The van der Waals surface area contributed by atoms with Crippen molar-refractivity contribution in [3.05, 3.63) is 31.6 Å². The van der Waals surface area contributed by atoms with E-state index in [4.69, 9.17) is 0 Å². The van der Waals surface area contributed by atoms with Crippen LogP contribution < -0.4 is 0 Å². The maximum Gasteiger partial charge on any atom is 0.140 e. The van der Waals surface area contributed by atoms with Crippen molar-refractivity contribution in [1.82, 2.24) is 0 Å². The van der Waals surface area contributed by atoms with Gasteiger partial charge in [-0.1, -0.05) is 13.8 Å². The minimum absolute atomic E-state index is 0.255. The zero-order valence-corrected chi connectivity index (χ0v) is 7.00. The molecule has 0 atom stereocenters. The molecule has 1 saturated carbocycles. The molecular weight excluding hydrogens is 136 g/mol. The van der Waals surface area contributed by atoms with Crippen molar-refractivity contribution in [2.45, 2.75) is 20.3 Å². The van der Waals surface area contributed by atoms with Gasteiger partial charge in [-0.05, 0) is 31.6 Å². The molecule has 1 aliphatic carbocycles. The summed E-state index contributed by atoms with van der Waals surface area (Å²) in [4.78, 5) is 11.3. The largest absolute Gasteiger partial charge is 0.299 e. The zero-order chi connectivity index (χ0) is 8.27. The van der Waals surface area contributed by atoms with Gasteiger partial charge in [0.1, 0.15) is 5.78 Å². The van der Waals surface area contributed by atoms with Crippen LogP contribution in [0.15, 0.2) is 0 Å². The highest BCUT2D eigenvalue weighted by atomic mass is 16.1. The fourth-order valence-electron chi connectivity index (χ4n) is 1.05. The molecule has 0 saturated heterocycles. The second-order valence-corrected chi connectivity index (χ2v) is 3.19. The first kappa shape index (κ1) is 8.76. The molecule has 0 spiro atoms. The Morgan fingerprint density at radius 2 is 1.91 bits per heavy atom. The highest BCUT2D eigenvalue weighted by Crippen LogP contribution is 2.25. The van der Waals surface area contributed by atoms with E-state index in [1.54, 1.807) is 0 Å². The van der Waals surface area contributed by atoms with Gasteiger partial charge < -0.3 is 0 Å². The first-order valence-electron chi connectivity index (χ1n) is 3.95. The summed E-state index contributed by atoms with van der Waals surface area (Å²) >= 11 is 0. The molecule has 0 aromatic carbocycles. The fraction of sp³-hybridized carbons (Fsp3) is 0.400. The van der Waals surface area contributed by atoms with Crippen molar-refractivity contribution in [2.24, 2.45) is 5.92 Å². The fourth-order valence-corrected chi connectivity index (χ4v) is 1.05. The Bertz CT molecular complexity index is 132. The lowest BCUT2D eigenvalue weighted by Gasteiger charge is -2.07. The molecule has 1 heteroatoms. The van der Waals surface area contributed by atoms with E-state index in [0.29, 0.717) is 12.3 Å². The van der Waals surface area contributed by atoms with Crippen LogP contribution in [0.5, 0.6) is 0 Å². The Balaban J connectivity index is 2.28. The lowest BCUT2D eigenvalue weighted by molar-refractivity contribution is -0.117. The average molecular weight is 149 g/mol. The third-order valence-electron chi connectivity index (χ3n) is 1.58. The number of rotatable bonds is 3. The highest BCUT2D eigenvalue weighted by Gasteiger charge is 2.24. The lowest BCUT2D eigenvalue weighted by Crippen LogP contribution is -2.11. The number of Topliss-reactive ketones (excluding diaryl/α,β-unsaturated/α-hetero) is 1. The molecule has 1 aliphatic rings. The van der Waals surface area contributed by atoms with Gasteiger partial charge in [0.15, 0.2) is 0 Å². The molecule has 0 bridgehead atoms. The normalized spacial score (nSPS) is 19.5. The molecule has 0 aromatic rings. The SMILES string of the molecule is CC(C)CC(=O)[C]1[CH][CH][CH][CH]1. The van der Waals surface area contributed by atoms with Crippen LogP contribution in [0.3, 0.4) is 0 Å². The summed E-state index contributed by atoms with van der Waals surface area (Å²) < 4.78 is 0. The van der Waals surface area contributed by atoms with Crippen LogP contribution in [-0.4, -0.2) is 5.78 Å². The standard InChI is InChI=1S/C10H13O/c1-8(2)7-10(11)9-5-3-4-6-9/h3-6,8H,7H2,1-2H3. The summed E-state index contributed by atoms with van der Waals surface area (Å²) in [5.74, 6) is 1.56. The topological polar surface area (TPSA) is 17.1 Å². The van der Waals surface area contributed by atoms with E-state index in [-0.39, 0.29) is 5.78 Å². The van der Waals surface area contributed by atoms with E-state index in [1.165, 1.54) is 0 Å². The summed E-state index contributed by atoms with van der Waals surface area (Å²) in [6.07, 6.45) is 8.18. The maximum absolute atomic E-state index is 11.3. The van der Waals surface area contributed by atoms with E-state index < -0.39 is 0 Å². The molecule has 59 valence electrons. The van der Waals surface area contributed by atoms with Crippen LogP contribution in [0, 0.1) is 37.5 Å². The van der Waals surface area contributed by atoms with Gasteiger partial charge in [0.2, 0.25) is 0 Å². The predicted octanol–water partition coefficient (Wildman–Crippen LogP) is 2.01. The van der Waals surface area contributed by atoms with E-state index >= 15 is 0 Å². The minimum atomic E-state index is 0.255. The molecule has 1 fully saturated rings.